The molecule has 1 aliphatic heterocycles. The zero-order valence-electron chi connectivity index (χ0n) is 11.4. The molecule has 1 aromatic rings. The van der Waals surface area contributed by atoms with Crippen molar-refractivity contribution in [3.8, 4) is 0 Å². The van der Waals surface area contributed by atoms with Crippen LogP contribution in [0.3, 0.4) is 0 Å². The van der Waals surface area contributed by atoms with E-state index in [0.29, 0.717) is 12.1 Å². The lowest BCUT2D eigenvalue weighted by molar-refractivity contribution is 0.0113. The van der Waals surface area contributed by atoms with Crippen LogP contribution in [-0.2, 0) is 11.2 Å². The molecule has 1 saturated heterocycles. The van der Waals surface area contributed by atoms with Crippen LogP contribution in [0.15, 0.2) is 30.3 Å². The van der Waals surface area contributed by atoms with Crippen molar-refractivity contribution in [2.45, 2.75) is 51.2 Å². The van der Waals surface area contributed by atoms with Crippen LogP contribution in [0.2, 0.25) is 0 Å². The molecular weight excluding hydrogens is 222 g/mol. The van der Waals surface area contributed by atoms with Gasteiger partial charge in [-0.3, -0.25) is 0 Å². The minimum atomic E-state index is 0.496. The van der Waals surface area contributed by atoms with Gasteiger partial charge in [-0.2, -0.15) is 0 Å². The van der Waals surface area contributed by atoms with Crippen LogP contribution < -0.4 is 5.32 Å². The van der Waals surface area contributed by atoms with Gasteiger partial charge in [0.05, 0.1) is 6.10 Å². The molecule has 0 bridgehead atoms. The standard InChI is InChI=1S/C16H25NO/c1-14(13-15-7-3-2-4-8-15)17-11-10-16-9-5-6-12-18-16/h2-4,7-8,14,16-17H,5-6,9-13H2,1H3. The average molecular weight is 247 g/mol. The molecule has 1 aliphatic rings. The Balaban J connectivity index is 1.61. The van der Waals surface area contributed by atoms with Crippen LogP contribution in [0.25, 0.3) is 0 Å². The molecular formula is C16H25NO. The summed E-state index contributed by atoms with van der Waals surface area (Å²) in [6.07, 6.45) is 6.58. The summed E-state index contributed by atoms with van der Waals surface area (Å²) >= 11 is 0. The molecule has 0 spiro atoms. The third-order valence-corrected chi connectivity index (χ3v) is 3.62. The van der Waals surface area contributed by atoms with E-state index in [1.54, 1.807) is 0 Å². The van der Waals surface area contributed by atoms with Crippen molar-refractivity contribution < 1.29 is 4.74 Å². The molecule has 2 atom stereocenters. The Kier molecular flexibility index (Phi) is 5.69. The minimum absolute atomic E-state index is 0.496. The monoisotopic (exact) mass is 247 g/mol. The highest BCUT2D eigenvalue weighted by atomic mass is 16.5. The van der Waals surface area contributed by atoms with E-state index in [2.05, 4.69) is 42.6 Å². The number of ether oxygens (including phenoxy) is 1. The van der Waals surface area contributed by atoms with Crippen LogP contribution in [0, 0.1) is 0 Å². The van der Waals surface area contributed by atoms with E-state index in [9.17, 15) is 0 Å². The second kappa shape index (κ2) is 7.55. The molecule has 2 heteroatoms. The van der Waals surface area contributed by atoms with Gasteiger partial charge in [0.15, 0.2) is 0 Å². The Labute approximate surface area is 111 Å². The van der Waals surface area contributed by atoms with Gasteiger partial charge in [0.1, 0.15) is 0 Å². The van der Waals surface area contributed by atoms with E-state index in [-0.39, 0.29) is 0 Å². The summed E-state index contributed by atoms with van der Waals surface area (Å²) in [7, 11) is 0. The fourth-order valence-electron chi connectivity index (χ4n) is 2.57. The Morgan fingerprint density at radius 3 is 2.83 bits per heavy atom. The van der Waals surface area contributed by atoms with Crippen LogP contribution in [0.1, 0.15) is 38.2 Å². The quantitative estimate of drug-likeness (QED) is 0.833. The Bertz CT molecular complexity index is 319. The van der Waals surface area contributed by atoms with Crippen LogP contribution in [-0.4, -0.2) is 25.3 Å². The summed E-state index contributed by atoms with van der Waals surface area (Å²) in [6, 6.07) is 11.2. The topological polar surface area (TPSA) is 21.3 Å². The molecule has 0 radical (unpaired) electrons. The third-order valence-electron chi connectivity index (χ3n) is 3.62. The van der Waals surface area contributed by atoms with Crippen molar-refractivity contribution >= 4 is 0 Å². The first kappa shape index (κ1) is 13.6. The maximum Gasteiger partial charge on any atom is 0.0587 e. The zero-order chi connectivity index (χ0) is 12.6. The van der Waals surface area contributed by atoms with Crippen molar-refractivity contribution in [1.82, 2.24) is 5.32 Å². The van der Waals surface area contributed by atoms with Crippen molar-refractivity contribution in [2.24, 2.45) is 0 Å². The molecule has 0 saturated carbocycles. The van der Waals surface area contributed by atoms with Crippen LogP contribution in [0.5, 0.6) is 0 Å². The molecule has 100 valence electrons. The van der Waals surface area contributed by atoms with Gasteiger partial charge in [0.25, 0.3) is 0 Å². The summed E-state index contributed by atoms with van der Waals surface area (Å²) in [5.74, 6) is 0. The number of rotatable bonds is 6. The number of nitrogens with one attached hydrogen (secondary N) is 1. The molecule has 1 heterocycles. The van der Waals surface area contributed by atoms with Gasteiger partial charge >= 0.3 is 0 Å². The maximum atomic E-state index is 5.74. The SMILES string of the molecule is CC(Cc1ccccc1)NCCC1CCCCO1. The van der Waals surface area contributed by atoms with E-state index in [1.807, 2.05) is 0 Å². The van der Waals surface area contributed by atoms with E-state index >= 15 is 0 Å². The molecule has 2 rings (SSSR count). The summed E-state index contributed by atoms with van der Waals surface area (Å²) in [5.41, 5.74) is 1.41. The van der Waals surface area contributed by atoms with Gasteiger partial charge in [-0.25, -0.2) is 0 Å². The first-order chi connectivity index (χ1) is 8.84. The third kappa shape index (κ3) is 4.79. The van der Waals surface area contributed by atoms with E-state index in [4.69, 9.17) is 4.74 Å². The molecule has 1 aromatic carbocycles. The summed E-state index contributed by atoms with van der Waals surface area (Å²) < 4.78 is 5.74. The average Bonchev–Trinajstić information content (AvgIpc) is 2.41. The maximum absolute atomic E-state index is 5.74. The molecule has 0 amide bonds. The number of hydrogen-bond donors (Lipinski definition) is 1. The second-order valence-electron chi connectivity index (χ2n) is 5.32. The number of hydrogen-bond acceptors (Lipinski definition) is 2. The highest BCUT2D eigenvalue weighted by Crippen LogP contribution is 2.15. The van der Waals surface area contributed by atoms with Gasteiger partial charge < -0.3 is 10.1 Å². The van der Waals surface area contributed by atoms with Gasteiger partial charge in [-0.05, 0) is 51.1 Å². The molecule has 0 aromatic heterocycles. The lowest BCUT2D eigenvalue weighted by Crippen LogP contribution is -2.32. The van der Waals surface area contributed by atoms with E-state index in [1.165, 1.54) is 24.8 Å². The minimum Gasteiger partial charge on any atom is -0.378 e. The van der Waals surface area contributed by atoms with Crippen molar-refractivity contribution in [2.75, 3.05) is 13.2 Å². The number of benzene rings is 1. The normalized spacial score (nSPS) is 21.7. The smallest absolute Gasteiger partial charge is 0.0587 e. The predicted octanol–water partition coefficient (Wildman–Crippen LogP) is 3.17. The molecule has 1 fully saturated rings. The lowest BCUT2D eigenvalue weighted by Gasteiger charge is -2.23. The fourth-order valence-corrected chi connectivity index (χ4v) is 2.57. The predicted molar refractivity (Wildman–Crippen MR) is 75.8 cm³/mol. The lowest BCUT2D eigenvalue weighted by atomic mass is 10.1. The molecule has 18 heavy (non-hydrogen) atoms. The van der Waals surface area contributed by atoms with Crippen molar-refractivity contribution in [1.29, 1.82) is 0 Å². The summed E-state index contributed by atoms with van der Waals surface area (Å²) in [4.78, 5) is 0. The first-order valence-electron chi connectivity index (χ1n) is 7.23. The van der Waals surface area contributed by atoms with Crippen molar-refractivity contribution in [3.63, 3.8) is 0 Å². The Hall–Kier alpha value is -0.860. The van der Waals surface area contributed by atoms with Gasteiger partial charge in [0, 0.05) is 12.6 Å². The van der Waals surface area contributed by atoms with Gasteiger partial charge in [-0.1, -0.05) is 30.3 Å². The fraction of sp³-hybridized carbons (Fsp3) is 0.625. The van der Waals surface area contributed by atoms with Gasteiger partial charge in [-0.15, -0.1) is 0 Å². The van der Waals surface area contributed by atoms with Crippen molar-refractivity contribution in [3.05, 3.63) is 35.9 Å². The highest BCUT2D eigenvalue weighted by Gasteiger charge is 2.13. The van der Waals surface area contributed by atoms with Crippen LogP contribution >= 0.6 is 0 Å². The zero-order valence-corrected chi connectivity index (χ0v) is 11.4. The summed E-state index contributed by atoms with van der Waals surface area (Å²) in [5, 5.41) is 3.60. The summed E-state index contributed by atoms with van der Waals surface area (Å²) in [6.45, 7) is 4.29. The highest BCUT2D eigenvalue weighted by molar-refractivity contribution is 5.15. The van der Waals surface area contributed by atoms with Crippen LogP contribution in [0.4, 0.5) is 0 Å². The van der Waals surface area contributed by atoms with E-state index in [0.717, 1.165) is 26.0 Å². The second-order valence-corrected chi connectivity index (χ2v) is 5.32. The Morgan fingerprint density at radius 1 is 1.28 bits per heavy atom. The molecule has 1 N–H and O–H groups in total. The molecule has 0 aliphatic carbocycles. The van der Waals surface area contributed by atoms with E-state index < -0.39 is 0 Å². The molecule has 2 unspecified atom stereocenters. The first-order valence-corrected chi connectivity index (χ1v) is 7.23. The molecule has 2 nitrogen and oxygen atoms in total. The largest absolute Gasteiger partial charge is 0.378 e. The van der Waals surface area contributed by atoms with Gasteiger partial charge in [0.2, 0.25) is 0 Å². The Morgan fingerprint density at radius 2 is 2.11 bits per heavy atom.